The molecule has 1 aromatic carbocycles. The molecule has 0 aliphatic carbocycles. The number of piperazine rings is 1. The van der Waals surface area contributed by atoms with E-state index in [0.29, 0.717) is 17.4 Å². The van der Waals surface area contributed by atoms with Crippen LogP contribution in [-0.4, -0.2) is 76.9 Å². The number of anilines is 3. The second-order valence-electron chi connectivity index (χ2n) is 7.43. The Labute approximate surface area is 158 Å². The highest BCUT2D eigenvalue weighted by Gasteiger charge is 2.27. The molecule has 0 saturated carbocycles. The van der Waals surface area contributed by atoms with Crippen LogP contribution in [0.1, 0.15) is 12.8 Å². The third-order valence-electron chi connectivity index (χ3n) is 5.68. The zero-order valence-electron chi connectivity index (χ0n) is 15.7. The number of halogens is 1. The number of aromatic nitrogens is 3. The second kappa shape index (κ2) is 7.32. The molecule has 27 heavy (non-hydrogen) atoms. The van der Waals surface area contributed by atoms with Gasteiger partial charge in [0.25, 0.3) is 0 Å². The molecular formula is C18H27FN8. The van der Waals surface area contributed by atoms with Gasteiger partial charge in [-0.1, -0.05) is 0 Å². The molecule has 4 N–H and O–H groups in total. The summed E-state index contributed by atoms with van der Waals surface area (Å²) in [6.45, 7) is 6.26. The van der Waals surface area contributed by atoms with Gasteiger partial charge in [0, 0.05) is 51.4 Å². The van der Waals surface area contributed by atoms with Crippen molar-refractivity contribution < 1.29 is 4.39 Å². The number of likely N-dealkylation sites (N-methyl/N-ethyl adjacent to an activating group) is 1. The fourth-order valence-corrected chi connectivity index (χ4v) is 4.07. The van der Waals surface area contributed by atoms with Crippen molar-refractivity contribution in [3.05, 3.63) is 24.0 Å². The SMILES string of the molecule is CN1CCN(C2CCN(c3ccc(-n4nc(N)nc4N)cc3F)CC2)CC1. The van der Waals surface area contributed by atoms with Crippen LogP contribution in [0.3, 0.4) is 0 Å². The fourth-order valence-electron chi connectivity index (χ4n) is 4.07. The van der Waals surface area contributed by atoms with Gasteiger partial charge in [0.2, 0.25) is 11.9 Å². The van der Waals surface area contributed by atoms with Gasteiger partial charge in [-0.05, 0) is 32.0 Å². The molecule has 0 bridgehead atoms. The highest BCUT2D eigenvalue weighted by atomic mass is 19.1. The Morgan fingerprint density at radius 3 is 2.33 bits per heavy atom. The van der Waals surface area contributed by atoms with E-state index in [1.54, 1.807) is 12.1 Å². The van der Waals surface area contributed by atoms with E-state index in [9.17, 15) is 4.39 Å². The number of nitrogen functional groups attached to an aromatic ring is 2. The maximum absolute atomic E-state index is 14.8. The van der Waals surface area contributed by atoms with E-state index >= 15 is 0 Å². The van der Waals surface area contributed by atoms with Gasteiger partial charge in [-0.25, -0.2) is 4.39 Å². The number of nitrogens with zero attached hydrogens (tertiary/aromatic N) is 6. The molecule has 2 aliphatic heterocycles. The van der Waals surface area contributed by atoms with Crippen molar-refractivity contribution in [2.24, 2.45) is 0 Å². The largest absolute Gasteiger partial charge is 0.369 e. The van der Waals surface area contributed by atoms with Crippen molar-refractivity contribution in [1.29, 1.82) is 0 Å². The summed E-state index contributed by atoms with van der Waals surface area (Å²) in [5.41, 5.74) is 12.5. The van der Waals surface area contributed by atoms with Crippen LogP contribution >= 0.6 is 0 Å². The fraction of sp³-hybridized carbons (Fsp3) is 0.556. The lowest BCUT2D eigenvalue weighted by Gasteiger charge is -2.42. The van der Waals surface area contributed by atoms with Crippen molar-refractivity contribution >= 4 is 17.6 Å². The Balaban J connectivity index is 1.42. The average molecular weight is 374 g/mol. The van der Waals surface area contributed by atoms with Crippen LogP contribution in [0, 0.1) is 5.82 Å². The molecule has 2 saturated heterocycles. The number of hydrogen-bond acceptors (Lipinski definition) is 7. The van der Waals surface area contributed by atoms with Crippen LogP contribution in [0.15, 0.2) is 18.2 Å². The molecule has 4 rings (SSSR count). The first-order chi connectivity index (χ1) is 13.0. The Bertz CT molecular complexity index is 791. The minimum Gasteiger partial charge on any atom is -0.369 e. The molecule has 2 aromatic rings. The summed E-state index contributed by atoms with van der Waals surface area (Å²) in [5, 5.41) is 4.00. The van der Waals surface area contributed by atoms with Crippen LogP contribution < -0.4 is 16.4 Å². The van der Waals surface area contributed by atoms with E-state index in [2.05, 4.69) is 31.8 Å². The molecular weight excluding hydrogens is 347 g/mol. The van der Waals surface area contributed by atoms with Gasteiger partial charge < -0.3 is 21.3 Å². The predicted octanol–water partition coefficient (Wildman–Crippen LogP) is 0.787. The molecule has 0 radical (unpaired) electrons. The maximum atomic E-state index is 14.8. The zero-order chi connectivity index (χ0) is 19.0. The number of piperidine rings is 1. The third-order valence-corrected chi connectivity index (χ3v) is 5.68. The minimum atomic E-state index is -0.279. The summed E-state index contributed by atoms with van der Waals surface area (Å²) in [7, 11) is 2.17. The van der Waals surface area contributed by atoms with Crippen molar-refractivity contribution in [2.45, 2.75) is 18.9 Å². The van der Waals surface area contributed by atoms with Crippen molar-refractivity contribution in [3.8, 4) is 5.69 Å². The molecule has 8 nitrogen and oxygen atoms in total. The van der Waals surface area contributed by atoms with E-state index in [-0.39, 0.29) is 17.7 Å². The zero-order valence-corrected chi connectivity index (χ0v) is 15.7. The van der Waals surface area contributed by atoms with Crippen LogP contribution in [0.2, 0.25) is 0 Å². The Morgan fingerprint density at radius 2 is 1.74 bits per heavy atom. The normalized spacial score (nSPS) is 20.3. The van der Waals surface area contributed by atoms with Crippen molar-refractivity contribution in [2.75, 3.05) is 62.7 Å². The Morgan fingerprint density at radius 1 is 1.04 bits per heavy atom. The number of nitrogens with two attached hydrogens (primary N) is 2. The smallest absolute Gasteiger partial charge is 0.241 e. The summed E-state index contributed by atoms with van der Waals surface area (Å²) >= 11 is 0. The van der Waals surface area contributed by atoms with Gasteiger partial charge in [0.05, 0.1) is 11.4 Å². The van der Waals surface area contributed by atoms with E-state index in [4.69, 9.17) is 11.5 Å². The van der Waals surface area contributed by atoms with Gasteiger partial charge in [0.1, 0.15) is 5.82 Å². The summed E-state index contributed by atoms with van der Waals surface area (Å²) in [4.78, 5) is 10.9. The standard InChI is InChI=1S/C18H27FN8/c1-24-8-10-25(11-9-24)13-4-6-26(7-5-13)16-3-2-14(12-15(16)19)27-18(21)22-17(20)23-27/h2-3,12-13H,4-11H2,1H3,(H4,20,21,22,23). The van der Waals surface area contributed by atoms with Crippen molar-refractivity contribution in [1.82, 2.24) is 24.6 Å². The first-order valence-corrected chi connectivity index (χ1v) is 9.47. The van der Waals surface area contributed by atoms with Gasteiger partial charge >= 0.3 is 0 Å². The Hall–Kier alpha value is -2.39. The van der Waals surface area contributed by atoms with Crippen LogP contribution in [-0.2, 0) is 0 Å². The summed E-state index contributed by atoms with van der Waals surface area (Å²) in [5.74, 6) is -0.0605. The highest BCUT2D eigenvalue weighted by molar-refractivity contribution is 5.54. The number of hydrogen-bond donors (Lipinski definition) is 2. The topological polar surface area (TPSA) is 92.5 Å². The number of rotatable bonds is 3. The van der Waals surface area contributed by atoms with E-state index in [0.717, 1.165) is 52.1 Å². The van der Waals surface area contributed by atoms with Crippen molar-refractivity contribution in [3.63, 3.8) is 0 Å². The summed E-state index contributed by atoms with van der Waals surface area (Å²) in [6, 6.07) is 5.63. The monoisotopic (exact) mass is 374 g/mol. The van der Waals surface area contributed by atoms with Gasteiger partial charge in [-0.3, -0.25) is 4.90 Å². The van der Waals surface area contributed by atoms with Gasteiger partial charge in [-0.2, -0.15) is 9.67 Å². The van der Waals surface area contributed by atoms with E-state index in [1.165, 1.54) is 10.7 Å². The second-order valence-corrected chi connectivity index (χ2v) is 7.43. The van der Waals surface area contributed by atoms with Gasteiger partial charge in [0.15, 0.2) is 0 Å². The van der Waals surface area contributed by atoms with E-state index < -0.39 is 0 Å². The molecule has 2 aliphatic rings. The molecule has 0 amide bonds. The van der Waals surface area contributed by atoms with Crippen LogP contribution in [0.25, 0.3) is 5.69 Å². The molecule has 2 fully saturated rings. The molecule has 0 atom stereocenters. The van der Waals surface area contributed by atoms with E-state index in [1.807, 2.05) is 0 Å². The Kier molecular flexibility index (Phi) is 4.88. The molecule has 3 heterocycles. The van der Waals surface area contributed by atoms with Gasteiger partial charge in [-0.15, -0.1) is 5.10 Å². The highest BCUT2D eigenvalue weighted by Crippen LogP contribution is 2.27. The minimum absolute atomic E-state index is 0.0722. The number of benzene rings is 1. The van der Waals surface area contributed by atoms with Crippen LogP contribution in [0.5, 0.6) is 0 Å². The predicted molar refractivity (Wildman–Crippen MR) is 104 cm³/mol. The lowest BCUT2D eigenvalue weighted by Crippen LogP contribution is -2.52. The average Bonchev–Trinajstić information content (AvgIpc) is 3.01. The molecule has 146 valence electrons. The molecule has 0 spiro atoms. The third kappa shape index (κ3) is 3.70. The molecule has 9 heteroatoms. The first-order valence-electron chi connectivity index (χ1n) is 9.47. The maximum Gasteiger partial charge on any atom is 0.241 e. The summed E-state index contributed by atoms with van der Waals surface area (Å²) in [6.07, 6.45) is 2.13. The molecule has 1 aromatic heterocycles. The molecule has 0 unspecified atom stereocenters. The van der Waals surface area contributed by atoms with Crippen LogP contribution in [0.4, 0.5) is 22.0 Å². The quantitative estimate of drug-likeness (QED) is 0.820. The first kappa shape index (κ1) is 18.0. The lowest BCUT2D eigenvalue weighted by molar-refractivity contribution is 0.0981. The summed E-state index contributed by atoms with van der Waals surface area (Å²) < 4.78 is 16.1. The lowest BCUT2D eigenvalue weighted by atomic mass is 10.0.